The topological polar surface area (TPSA) is 43.1 Å². The van der Waals surface area contributed by atoms with E-state index in [-0.39, 0.29) is 5.82 Å². The van der Waals surface area contributed by atoms with Crippen LogP contribution in [0.15, 0.2) is 54.6 Å². The number of hydrogen-bond acceptors (Lipinski definition) is 4. The van der Waals surface area contributed by atoms with Crippen molar-refractivity contribution in [2.24, 2.45) is 0 Å². The molecule has 6 heteroatoms. The fourth-order valence-electron chi connectivity index (χ4n) is 2.39. The van der Waals surface area contributed by atoms with E-state index in [9.17, 15) is 4.39 Å². The summed E-state index contributed by atoms with van der Waals surface area (Å²) in [5, 5.41) is 13.6. The summed E-state index contributed by atoms with van der Waals surface area (Å²) >= 11 is 1.45. The van der Waals surface area contributed by atoms with E-state index in [4.69, 9.17) is 0 Å². The molecule has 2 aromatic heterocycles. The van der Waals surface area contributed by atoms with Crippen molar-refractivity contribution >= 4 is 28.4 Å². The zero-order valence-electron chi connectivity index (χ0n) is 12.6. The van der Waals surface area contributed by atoms with Crippen molar-refractivity contribution in [3.63, 3.8) is 0 Å². The van der Waals surface area contributed by atoms with Crippen molar-refractivity contribution in [1.29, 1.82) is 0 Å². The van der Waals surface area contributed by atoms with Crippen molar-refractivity contribution in [1.82, 2.24) is 19.8 Å². The van der Waals surface area contributed by atoms with Gasteiger partial charge < -0.3 is 0 Å². The van der Waals surface area contributed by atoms with E-state index in [2.05, 4.69) is 15.3 Å². The van der Waals surface area contributed by atoms with Crippen molar-refractivity contribution in [3.8, 4) is 0 Å². The Labute approximate surface area is 141 Å². The molecule has 4 nitrogen and oxygen atoms in total. The summed E-state index contributed by atoms with van der Waals surface area (Å²) in [6.45, 7) is 0. The Kier molecular flexibility index (Phi) is 3.88. The number of fused-ring (bicyclic) bond motifs is 1. The molecule has 0 amide bonds. The van der Waals surface area contributed by atoms with Crippen LogP contribution in [0.1, 0.15) is 22.0 Å². The van der Waals surface area contributed by atoms with Crippen LogP contribution in [-0.4, -0.2) is 19.8 Å². The monoisotopic (exact) mass is 336 g/mol. The van der Waals surface area contributed by atoms with Crippen molar-refractivity contribution in [2.45, 2.75) is 6.42 Å². The molecule has 118 valence electrons. The first kappa shape index (κ1) is 14.7. The Morgan fingerprint density at radius 2 is 1.75 bits per heavy atom. The minimum Gasteiger partial charge on any atom is -0.207 e. The number of halogens is 1. The molecular weight excluding hydrogens is 323 g/mol. The van der Waals surface area contributed by atoms with E-state index in [1.165, 1.54) is 17.4 Å². The van der Waals surface area contributed by atoms with Gasteiger partial charge in [0.1, 0.15) is 10.8 Å². The molecule has 0 aliphatic rings. The third kappa shape index (κ3) is 2.96. The fraction of sp³-hybridized carbons (Fsp3) is 0.0556. The van der Waals surface area contributed by atoms with Crippen LogP contribution in [0.4, 0.5) is 4.39 Å². The van der Waals surface area contributed by atoms with Gasteiger partial charge in [0.05, 0.1) is 0 Å². The highest BCUT2D eigenvalue weighted by Crippen LogP contribution is 2.19. The van der Waals surface area contributed by atoms with E-state index < -0.39 is 0 Å². The third-order valence-electron chi connectivity index (χ3n) is 3.60. The van der Waals surface area contributed by atoms with Gasteiger partial charge in [-0.15, -0.1) is 10.2 Å². The molecule has 0 bridgehead atoms. The number of benzene rings is 2. The van der Waals surface area contributed by atoms with Crippen LogP contribution in [0.3, 0.4) is 0 Å². The Morgan fingerprint density at radius 1 is 0.958 bits per heavy atom. The van der Waals surface area contributed by atoms with E-state index in [1.54, 1.807) is 16.6 Å². The lowest BCUT2D eigenvalue weighted by Crippen LogP contribution is -1.99. The minimum absolute atomic E-state index is 0.242. The predicted octanol–water partition coefficient (Wildman–Crippen LogP) is 4.09. The first-order chi connectivity index (χ1) is 11.8. The molecule has 0 atom stereocenters. The highest BCUT2D eigenvalue weighted by atomic mass is 32.1. The molecule has 0 spiro atoms. The van der Waals surface area contributed by atoms with Crippen LogP contribution in [-0.2, 0) is 6.42 Å². The van der Waals surface area contributed by atoms with Crippen LogP contribution in [0, 0.1) is 5.82 Å². The maximum absolute atomic E-state index is 13.8. The summed E-state index contributed by atoms with van der Waals surface area (Å²) < 4.78 is 15.5. The van der Waals surface area contributed by atoms with Gasteiger partial charge in [-0.3, -0.25) is 0 Å². The maximum Gasteiger partial charge on any atom is 0.234 e. The minimum atomic E-state index is -0.242. The molecule has 0 radical (unpaired) electrons. The SMILES string of the molecule is Fc1ccccc1Cc1nnc2sc(C=Cc3ccccc3)nn12. The van der Waals surface area contributed by atoms with E-state index >= 15 is 0 Å². The van der Waals surface area contributed by atoms with Gasteiger partial charge in [-0.05, 0) is 23.3 Å². The summed E-state index contributed by atoms with van der Waals surface area (Å²) in [5.41, 5.74) is 1.69. The van der Waals surface area contributed by atoms with Gasteiger partial charge in [-0.1, -0.05) is 65.9 Å². The second kappa shape index (κ2) is 6.33. The van der Waals surface area contributed by atoms with E-state index in [1.807, 2.05) is 48.6 Å². The van der Waals surface area contributed by atoms with Gasteiger partial charge in [0.25, 0.3) is 0 Å². The Balaban J connectivity index is 1.62. The summed E-state index contributed by atoms with van der Waals surface area (Å²) in [7, 11) is 0. The van der Waals surface area contributed by atoms with Crippen molar-refractivity contribution < 1.29 is 4.39 Å². The lowest BCUT2D eigenvalue weighted by Gasteiger charge is -1.99. The standard InChI is InChI=1S/C18H13FN4S/c19-15-9-5-4-8-14(15)12-16-20-21-18-23(16)22-17(24-18)11-10-13-6-2-1-3-7-13/h1-11H,12H2. The summed E-state index contributed by atoms with van der Waals surface area (Å²) in [6.07, 6.45) is 4.31. The zero-order valence-corrected chi connectivity index (χ0v) is 13.4. The fourth-order valence-corrected chi connectivity index (χ4v) is 3.15. The third-order valence-corrected chi connectivity index (χ3v) is 4.46. The number of aromatic nitrogens is 4. The molecule has 0 unspecified atom stereocenters. The number of rotatable bonds is 4. The quantitative estimate of drug-likeness (QED) is 0.564. The van der Waals surface area contributed by atoms with Crippen LogP contribution >= 0.6 is 11.3 Å². The smallest absolute Gasteiger partial charge is 0.207 e. The van der Waals surface area contributed by atoms with Gasteiger partial charge in [-0.25, -0.2) is 4.39 Å². The van der Waals surface area contributed by atoms with Crippen molar-refractivity contribution in [3.05, 3.63) is 82.4 Å². The lowest BCUT2D eigenvalue weighted by atomic mass is 10.1. The van der Waals surface area contributed by atoms with Gasteiger partial charge >= 0.3 is 0 Å². The molecule has 4 aromatic rings. The van der Waals surface area contributed by atoms with Gasteiger partial charge in [0.15, 0.2) is 5.82 Å². The molecule has 0 N–H and O–H groups in total. The van der Waals surface area contributed by atoms with Gasteiger partial charge in [-0.2, -0.15) is 9.61 Å². The molecule has 4 rings (SSSR count). The highest BCUT2D eigenvalue weighted by molar-refractivity contribution is 7.17. The second-order valence-electron chi connectivity index (χ2n) is 5.26. The normalized spacial score (nSPS) is 11.5. The molecule has 0 aliphatic heterocycles. The Bertz CT molecular complexity index is 1000. The molecule has 2 heterocycles. The molecule has 0 fully saturated rings. The average Bonchev–Trinajstić information content (AvgIpc) is 3.17. The largest absolute Gasteiger partial charge is 0.234 e. The molecule has 0 saturated heterocycles. The molecular formula is C18H13FN4S. The van der Waals surface area contributed by atoms with Gasteiger partial charge in [0.2, 0.25) is 4.96 Å². The number of hydrogen-bond donors (Lipinski definition) is 0. The van der Waals surface area contributed by atoms with Crippen LogP contribution in [0.2, 0.25) is 0 Å². The summed E-state index contributed by atoms with van der Waals surface area (Å²) in [4.78, 5) is 0.703. The maximum atomic E-state index is 13.8. The molecule has 0 saturated carbocycles. The Morgan fingerprint density at radius 3 is 2.58 bits per heavy atom. The first-order valence-electron chi connectivity index (χ1n) is 7.47. The zero-order chi connectivity index (χ0) is 16.4. The molecule has 0 aliphatic carbocycles. The van der Waals surface area contributed by atoms with Crippen molar-refractivity contribution in [2.75, 3.05) is 0 Å². The second-order valence-corrected chi connectivity index (χ2v) is 6.25. The predicted molar refractivity (Wildman–Crippen MR) is 93.2 cm³/mol. The lowest BCUT2D eigenvalue weighted by molar-refractivity contribution is 0.611. The average molecular weight is 336 g/mol. The first-order valence-corrected chi connectivity index (χ1v) is 8.29. The molecule has 2 aromatic carbocycles. The van der Waals surface area contributed by atoms with E-state index in [0.717, 1.165) is 10.6 Å². The summed E-state index contributed by atoms with van der Waals surface area (Å²) in [5.74, 6) is 0.388. The van der Waals surface area contributed by atoms with Gasteiger partial charge in [0, 0.05) is 6.42 Å². The Hall–Kier alpha value is -2.86. The summed E-state index contributed by atoms with van der Waals surface area (Å²) in [6, 6.07) is 16.7. The highest BCUT2D eigenvalue weighted by Gasteiger charge is 2.12. The molecule has 24 heavy (non-hydrogen) atoms. The van der Waals surface area contributed by atoms with Crippen LogP contribution < -0.4 is 0 Å². The van der Waals surface area contributed by atoms with Crippen LogP contribution in [0.25, 0.3) is 17.1 Å². The number of nitrogens with zero attached hydrogens (tertiary/aromatic N) is 4. The van der Waals surface area contributed by atoms with Crippen LogP contribution in [0.5, 0.6) is 0 Å². The van der Waals surface area contributed by atoms with E-state index in [0.29, 0.717) is 22.8 Å².